The van der Waals surface area contributed by atoms with Gasteiger partial charge in [0.15, 0.2) is 0 Å². The van der Waals surface area contributed by atoms with Crippen molar-refractivity contribution in [2.75, 3.05) is 9.80 Å². The SMILES string of the molecule is CC1(C)c2ccccc2-c2ccc(N(c3ccc(-c4ccccc4)cc3)c3cc4c5c(cccc5c3)-c3cc(N(c5ccc(-c6ccccc6)cc5)c5ccc(-c6ccccc6)cc5)ccc3O4)cc21. The first-order chi connectivity index (χ1) is 34.4. The quantitative estimate of drug-likeness (QED) is 0.144. The lowest BCUT2D eigenvalue weighted by atomic mass is 9.82. The molecule has 1 aliphatic carbocycles. The average molecular weight is 897 g/mol. The van der Waals surface area contributed by atoms with Gasteiger partial charge < -0.3 is 14.5 Å². The molecule has 0 atom stereocenters. The molecule has 0 aromatic heterocycles. The van der Waals surface area contributed by atoms with E-state index in [9.17, 15) is 0 Å². The highest BCUT2D eigenvalue weighted by Crippen LogP contribution is 2.54. The van der Waals surface area contributed by atoms with Crippen molar-refractivity contribution in [1.29, 1.82) is 0 Å². The number of hydrogen-bond acceptors (Lipinski definition) is 3. The lowest BCUT2D eigenvalue weighted by molar-refractivity contribution is 0.487. The molecule has 1 aliphatic heterocycles. The molecule has 0 amide bonds. The second-order valence-corrected chi connectivity index (χ2v) is 18.9. The predicted octanol–water partition coefficient (Wildman–Crippen LogP) is 18.9. The Morgan fingerprint density at radius 1 is 0.286 bits per heavy atom. The van der Waals surface area contributed by atoms with Crippen molar-refractivity contribution in [3.8, 4) is 67.1 Å². The van der Waals surface area contributed by atoms with Crippen molar-refractivity contribution in [2.45, 2.75) is 19.3 Å². The molecule has 11 aromatic carbocycles. The minimum absolute atomic E-state index is 0.145. The van der Waals surface area contributed by atoms with Gasteiger partial charge in [0.25, 0.3) is 0 Å². The van der Waals surface area contributed by atoms with Crippen LogP contribution >= 0.6 is 0 Å². The summed E-state index contributed by atoms with van der Waals surface area (Å²) in [6, 6.07) is 92.1. The lowest BCUT2D eigenvalue weighted by Gasteiger charge is -2.30. The van der Waals surface area contributed by atoms with E-state index in [-0.39, 0.29) is 5.41 Å². The highest BCUT2D eigenvalue weighted by molar-refractivity contribution is 6.07. The third-order valence-corrected chi connectivity index (χ3v) is 14.4. The zero-order chi connectivity index (χ0) is 46.8. The van der Waals surface area contributed by atoms with Crippen LogP contribution in [0.1, 0.15) is 25.0 Å². The Morgan fingerprint density at radius 3 is 1.30 bits per heavy atom. The Labute approximate surface area is 409 Å². The predicted molar refractivity (Wildman–Crippen MR) is 293 cm³/mol. The molecule has 0 spiro atoms. The average Bonchev–Trinajstić information content (AvgIpc) is 3.65. The molecule has 2 aliphatic rings. The highest BCUT2D eigenvalue weighted by atomic mass is 16.5. The van der Waals surface area contributed by atoms with Gasteiger partial charge in [-0.15, -0.1) is 0 Å². The number of nitrogens with zero attached hydrogens (tertiary/aromatic N) is 2. The fourth-order valence-electron chi connectivity index (χ4n) is 10.9. The molecule has 70 heavy (non-hydrogen) atoms. The Balaban J connectivity index is 0.921. The summed E-state index contributed by atoms with van der Waals surface area (Å²) in [7, 11) is 0. The van der Waals surface area contributed by atoms with Crippen molar-refractivity contribution < 1.29 is 4.74 Å². The van der Waals surface area contributed by atoms with Gasteiger partial charge >= 0.3 is 0 Å². The summed E-state index contributed by atoms with van der Waals surface area (Å²) in [5.41, 5.74) is 20.9. The summed E-state index contributed by atoms with van der Waals surface area (Å²) >= 11 is 0. The standard InChI is InChI=1S/C67H48N2O/c1-67(2)62-24-13-12-22-58(62)59-39-37-56(43-63(59)67)69(54-35-29-50(30-36-54)47-19-10-5-11-20-47)57-41-51-21-14-23-60-61-42-55(38-40-64(61)70-65(44-57)66(51)60)68(52-31-25-48(26-32-52)45-15-6-3-7-16-45)53-33-27-49(28-34-53)46-17-8-4-9-18-46/h3-44H,1-2H3. The molecule has 0 saturated carbocycles. The number of benzene rings is 11. The van der Waals surface area contributed by atoms with Crippen LogP contribution in [0.2, 0.25) is 0 Å². The van der Waals surface area contributed by atoms with E-state index in [0.717, 1.165) is 67.5 Å². The number of hydrogen-bond donors (Lipinski definition) is 0. The molecule has 0 radical (unpaired) electrons. The molecular formula is C67H48N2O. The largest absolute Gasteiger partial charge is 0.456 e. The van der Waals surface area contributed by atoms with Gasteiger partial charge in [-0.3, -0.25) is 0 Å². The Kier molecular flexibility index (Phi) is 9.85. The van der Waals surface area contributed by atoms with E-state index in [1.807, 2.05) is 0 Å². The van der Waals surface area contributed by atoms with E-state index in [0.29, 0.717) is 0 Å². The second-order valence-electron chi connectivity index (χ2n) is 18.9. The first-order valence-electron chi connectivity index (χ1n) is 24.1. The first kappa shape index (κ1) is 41.3. The maximum absolute atomic E-state index is 7.07. The summed E-state index contributed by atoms with van der Waals surface area (Å²) < 4.78 is 7.07. The molecule has 0 saturated heterocycles. The number of rotatable bonds is 9. The normalized spacial score (nSPS) is 12.7. The topological polar surface area (TPSA) is 15.7 Å². The van der Waals surface area contributed by atoms with Crippen LogP contribution in [0.5, 0.6) is 11.5 Å². The molecule has 3 nitrogen and oxygen atoms in total. The summed E-state index contributed by atoms with van der Waals surface area (Å²) in [5.74, 6) is 1.67. The van der Waals surface area contributed by atoms with Gasteiger partial charge in [0.05, 0.1) is 5.69 Å². The van der Waals surface area contributed by atoms with Crippen LogP contribution in [-0.4, -0.2) is 0 Å². The van der Waals surface area contributed by atoms with Gasteiger partial charge in [-0.2, -0.15) is 0 Å². The number of anilines is 6. The van der Waals surface area contributed by atoms with Crippen LogP contribution in [0.25, 0.3) is 66.4 Å². The van der Waals surface area contributed by atoms with Crippen molar-refractivity contribution >= 4 is 44.9 Å². The van der Waals surface area contributed by atoms with E-state index in [4.69, 9.17) is 4.74 Å². The molecule has 3 heteroatoms. The van der Waals surface area contributed by atoms with Gasteiger partial charge in [-0.25, -0.2) is 0 Å². The Morgan fingerprint density at radius 2 is 0.729 bits per heavy atom. The summed E-state index contributed by atoms with van der Waals surface area (Å²) in [5, 5.41) is 2.22. The van der Waals surface area contributed by atoms with Crippen LogP contribution in [0.15, 0.2) is 255 Å². The molecule has 0 unspecified atom stereocenters. The second kappa shape index (κ2) is 16.7. The van der Waals surface area contributed by atoms with Gasteiger partial charge in [0.2, 0.25) is 0 Å². The summed E-state index contributed by atoms with van der Waals surface area (Å²) in [6.45, 7) is 4.70. The molecule has 11 aromatic rings. The Hall–Kier alpha value is -8.92. The van der Waals surface area contributed by atoms with Gasteiger partial charge in [-0.1, -0.05) is 190 Å². The van der Waals surface area contributed by atoms with Crippen LogP contribution < -0.4 is 14.5 Å². The van der Waals surface area contributed by atoms with E-state index >= 15 is 0 Å². The molecule has 0 fully saturated rings. The van der Waals surface area contributed by atoms with Crippen LogP contribution in [0.4, 0.5) is 34.1 Å². The van der Waals surface area contributed by atoms with E-state index in [1.54, 1.807) is 0 Å². The zero-order valence-electron chi connectivity index (χ0n) is 39.1. The fourth-order valence-corrected chi connectivity index (χ4v) is 10.9. The summed E-state index contributed by atoms with van der Waals surface area (Å²) in [6.07, 6.45) is 0. The monoisotopic (exact) mass is 896 g/mol. The maximum Gasteiger partial charge on any atom is 0.138 e. The summed E-state index contributed by atoms with van der Waals surface area (Å²) in [4.78, 5) is 4.74. The molecule has 0 N–H and O–H groups in total. The smallest absolute Gasteiger partial charge is 0.138 e. The third kappa shape index (κ3) is 7.05. The molecule has 13 rings (SSSR count). The minimum atomic E-state index is -0.145. The van der Waals surface area contributed by atoms with Gasteiger partial charge in [-0.05, 0) is 139 Å². The van der Waals surface area contributed by atoms with Gasteiger partial charge in [0.1, 0.15) is 11.5 Å². The zero-order valence-corrected chi connectivity index (χ0v) is 39.1. The van der Waals surface area contributed by atoms with E-state index < -0.39 is 0 Å². The Bertz CT molecular complexity index is 3650. The lowest BCUT2D eigenvalue weighted by Crippen LogP contribution is -2.16. The molecule has 332 valence electrons. The van der Waals surface area contributed by atoms with Crippen molar-refractivity contribution in [1.82, 2.24) is 0 Å². The van der Waals surface area contributed by atoms with Crippen LogP contribution in [0.3, 0.4) is 0 Å². The maximum atomic E-state index is 7.07. The van der Waals surface area contributed by atoms with Gasteiger partial charge in [0, 0.05) is 50.9 Å². The number of ether oxygens (including phenoxy) is 1. The minimum Gasteiger partial charge on any atom is -0.456 e. The van der Waals surface area contributed by atoms with Crippen LogP contribution in [-0.2, 0) is 5.41 Å². The molecule has 0 bridgehead atoms. The molecular weight excluding hydrogens is 849 g/mol. The molecule has 1 heterocycles. The highest BCUT2D eigenvalue weighted by Gasteiger charge is 2.36. The van der Waals surface area contributed by atoms with Crippen molar-refractivity contribution in [3.63, 3.8) is 0 Å². The van der Waals surface area contributed by atoms with Crippen LogP contribution in [0, 0.1) is 0 Å². The first-order valence-corrected chi connectivity index (χ1v) is 24.1. The van der Waals surface area contributed by atoms with E-state index in [1.165, 1.54) is 55.6 Å². The van der Waals surface area contributed by atoms with Crippen molar-refractivity contribution in [2.24, 2.45) is 0 Å². The number of fused-ring (bicyclic) bond motifs is 5. The van der Waals surface area contributed by atoms with Crippen molar-refractivity contribution in [3.05, 3.63) is 266 Å². The third-order valence-electron chi connectivity index (χ3n) is 14.4. The fraction of sp³-hybridized carbons (Fsp3) is 0.0448. The van der Waals surface area contributed by atoms with E-state index in [2.05, 4.69) is 278 Å².